The lowest BCUT2D eigenvalue weighted by Gasteiger charge is -2.20. The van der Waals surface area contributed by atoms with Crippen molar-refractivity contribution in [1.29, 1.82) is 0 Å². The van der Waals surface area contributed by atoms with Gasteiger partial charge >= 0.3 is 5.97 Å². The van der Waals surface area contributed by atoms with Crippen LogP contribution >= 0.6 is 0 Å². The standard InChI is InChI=1S/C18H19NO2/c20-18(21)11-10-15-13-19(12-14-6-2-1-3-7-14)17-9-5-4-8-16(15)17/h1-9,15H,10-13H2,(H,20,21). The lowest BCUT2D eigenvalue weighted by molar-refractivity contribution is -0.137. The third-order valence-electron chi connectivity index (χ3n) is 4.08. The molecule has 1 heterocycles. The molecule has 1 unspecified atom stereocenters. The number of aliphatic carboxylic acids is 1. The number of carboxylic acids is 1. The van der Waals surface area contributed by atoms with Gasteiger partial charge in [-0.05, 0) is 23.6 Å². The van der Waals surface area contributed by atoms with Crippen molar-refractivity contribution < 1.29 is 9.90 Å². The minimum absolute atomic E-state index is 0.234. The largest absolute Gasteiger partial charge is 0.481 e. The van der Waals surface area contributed by atoms with Crippen molar-refractivity contribution in [2.24, 2.45) is 0 Å². The van der Waals surface area contributed by atoms with Crippen LogP contribution in [0.2, 0.25) is 0 Å². The second-order valence-corrected chi connectivity index (χ2v) is 5.55. The molecule has 0 saturated heterocycles. The third-order valence-corrected chi connectivity index (χ3v) is 4.08. The van der Waals surface area contributed by atoms with E-state index in [1.807, 2.05) is 12.1 Å². The minimum Gasteiger partial charge on any atom is -0.481 e. The number of hydrogen-bond donors (Lipinski definition) is 1. The lowest BCUT2D eigenvalue weighted by atomic mass is 9.96. The molecule has 0 bridgehead atoms. The Hall–Kier alpha value is -2.29. The first-order valence-corrected chi connectivity index (χ1v) is 7.33. The van der Waals surface area contributed by atoms with Gasteiger partial charge in [0.05, 0.1) is 0 Å². The molecule has 3 heteroatoms. The Kier molecular flexibility index (Phi) is 3.91. The fourth-order valence-corrected chi connectivity index (χ4v) is 3.08. The van der Waals surface area contributed by atoms with Crippen LogP contribution in [0.15, 0.2) is 54.6 Å². The third kappa shape index (κ3) is 3.07. The molecule has 0 amide bonds. The SMILES string of the molecule is O=C(O)CCC1CN(Cc2ccccc2)c2ccccc21. The first-order valence-electron chi connectivity index (χ1n) is 7.33. The molecule has 21 heavy (non-hydrogen) atoms. The van der Waals surface area contributed by atoms with E-state index in [0.717, 1.165) is 13.1 Å². The van der Waals surface area contributed by atoms with Crippen molar-refractivity contribution in [3.63, 3.8) is 0 Å². The van der Waals surface area contributed by atoms with Gasteiger partial charge in [0.2, 0.25) is 0 Å². The number of nitrogens with zero attached hydrogens (tertiary/aromatic N) is 1. The van der Waals surface area contributed by atoms with Gasteiger partial charge in [-0.2, -0.15) is 0 Å². The molecule has 0 radical (unpaired) electrons. The molecule has 1 aliphatic rings. The summed E-state index contributed by atoms with van der Waals surface area (Å²) < 4.78 is 0. The molecule has 108 valence electrons. The van der Waals surface area contributed by atoms with Gasteiger partial charge in [0, 0.05) is 31.1 Å². The Morgan fingerprint density at radius 1 is 1.10 bits per heavy atom. The zero-order chi connectivity index (χ0) is 14.7. The Labute approximate surface area is 124 Å². The zero-order valence-corrected chi connectivity index (χ0v) is 11.9. The predicted octanol–water partition coefficient (Wildman–Crippen LogP) is 3.66. The molecular weight excluding hydrogens is 262 g/mol. The number of hydrogen-bond acceptors (Lipinski definition) is 2. The number of benzene rings is 2. The molecule has 1 aliphatic heterocycles. The molecule has 0 fully saturated rings. The molecule has 2 aromatic carbocycles. The number of para-hydroxylation sites is 1. The molecule has 0 aliphatic carbocycles. The molecule has 1 atom stereocenters. The highest BCUT2D eigenvalue weighted by Crippen LogP contribution is 2.39. The van der Waals surface area contributed by atoms with Crippen LogP contribution in [0.5, 0.6) is 0 Å². The van der Waals surface area contributed by atoms with Crippen LogP contribution in [0.1, 0.15) is 29.9 Å². The Morgan fingerprint density at radius 2 is 1.81 bits per heavy atom. The summed E-state index contributed by atoms with van der Waals surface area (Å²) in [5.41, 5.74) is 3.82. The molecule has 0 spiro atoms. The molecule has 2 aromatic rings. The summed E-state index contributed by atoms with van der Waals surface area (Å²) in [5.74, 6) is -0.394. The maximum atomic E-state index is 10.8. The van der Waals surface area contributed by atoms with E-state index in [4.69, 9.17) is 5.11 Å². The van der Waals surface area contributed by atoms with Crippen molar-refractivity contribution in [2.75, 3.05) is 11.4 Å². The Bertz CT molecular complexity index is 624. The van der Waals surface area contributed by atoms with Crippen LogP contribution < -0.4 is 4.90 Å². The second kappa shape index (κ2) is 6.00. The Morgan fingerprint density at radius 3 is 2.57 bits per heavy atom. The van der Waals surface area contributed by atoms with Crippen molar-refractivity contribution in [3.05, 3.63) is 65.7 Å². The first kappa shape index (κ1) is 13.7. The van der Waals surface area contributed by atoms with Gasteiger partial charge < -0.3 is 10.0 Å². The highest BCUT2D eigenvalue weighted by molar-refractivity contribution is 5.67. The molecule has 1 N–H and O–H groups in total. The van der Waals surface area contributed by atoms with Crippen LogP contribution in [-0.4, -0.2) is 17.6 Å². The van der Waals surface area contributed by atoms with Crippen molar-refractivity contribution in [3.8, 4) is 0 Å². The summed E-state index contributed by atoms with van der Waals surface area (Å²) >= 11 is 0. The van der Waals surface area contributed by atoms with Gasteiger partial charge in [-0.25, -0.2) is 0 Å². The van der Waals surface area contributed by atoms with Crippen LogP contribution in [0.4, 0.5) is 5.69 Å². The maximum Gasteiger partial charge on any atom is 0.303 e. The fourth-order valence-electron chi connectivity index (χ4n) is 3.08. The maximum absolute atomic E-state index is 10.8. The second-order valence-electron chi connectivity index (χ2n) is 5.55. The highest BCUT2D eigenvalue weighted by atomic mass is 16.4. The summed E-state index contributed by atoms with van der Waals surface area (Å²) in [7, 11) is 0. The van der Waals surface area contributed by atoms with E-state index in [0.29, 0.717) is 12.3 Å². The zero-order valence-electron chi connectivity index (χ0n) is 11.9. The summed E-state index contributed by atoms with van der Waals surface area (Å²) in [6.07, 6.45) is 0.940. The highest BCUT2D eigenvalue weighted by Gasteiger charge is 2.28. The van der Waals surface area contributed by atoms with E-state index in [1.54, 1.807) is 0 Å². The number of carbonyl (C=O) groups is 1. The fraction of sp³-hybridized carbons (Fsp3) is 0.278. The summed E-state index contributed by atoms with van der Waals surface area (Å²) in [5, 5.41) is 8.91. The van der Waals surface area contributed by atoms with Gasteiger partial charge in [0.25, 0.3) is 0 Å². The number of anilines is 1. The molecule has 0 saturated carbocycles. The summed E-state index contributed by atoms with van der Waals surface area (Å²) in [6, 6.07) is 18.8. The average molecular weight is 281 g/mol. The van der Waals surface area contributed by atoms with Crippen molar-refractivity contribution in [1.82, 2.24) is 0 Å². The van der Waals surface area contributed by atoms with Crippen LogP contribution in [-0.2, 0) is 11.3 Å². The van der Waals surface area contributed by atoms with Crippen molar-refractivity contribution in [2.45, 2.75) is 25.3 Å². The smallest absolute Gasteiger partial charge is 0.303 e. The Balaban J connectivity index is 1.79. The molecule has 3 nitrogen and oxygen atoms in total. The summed E-state index contributed by atoms with van der Waals surface area (Å²) in [4.78, 5) is 13.2. The molecule has 3 rings (SSSR count). The lowest BCUT2D eigenvalue weighted by Crippen LogP contribution is -2.21. The number of carboxylic acid groups (broad SMARTS) is 1. The van der Waals surface area contributed by atoms with Crippen molar-refractivity contribution >= 4 is 11.7 Å². The predicted molar refractivity (Wildman–Crippen MR) is 83.5 cm³/mol. The molecule has 0 aromatic heterocycles. The average Bonchev–Trinajstić information content (AvgIpc) is 2.85. The van der Waals surface area contributed by atoms with E-state index in [2.05, 4.69) is 47.4 Å². The van der Waals surface area contributed by atoms with Crippen LogP contribution in [0, 0.1) is 0 Å². The van der Waals surface area contributed by atoms with E-state index in [-0.39, 0.29) is 6.42 Å². The number of rotatable bonds is 5. The van der Waals surface area contributed by atoms with E-state index in [9.17, 15) is 4.79 Å². The van der Waals surface area contributed by atoms with Crippen LogP contribution in [0.25, 0.3) is 0 Å². The quantitative estimate of drug-likeness (QED) is 0.909. The van der Waals surface area contributed by atoms with E-state index < -0.39 is 5.97 Å². The molecular formula is C18H19NO2. The van der Waals surface area contributed by atoms with Gasteiger partial charge in [-0.1, -0.05) is 48.5 Å². The topological polar surface area (TPSA) is 40.5 Å². The monoisotopic (exact) mass is 281 g/mol. The van der Waals surface area contributed by atoms with Gasteiger partial charge in [0.15, 0.2) is 0 Å². The van der Waals surface area contributed by atoms with Gasteiger partial charge in [0.1, 0.15) is 0 Å². The normalized spacial score (nSPS) is 16.8. The van der Waals surface area contributed by atoms with E-state index >= 15 is 0 Å². The van der Waals surface area contributed by atoms with Gasteiger partial charge in [-0.15, -0.1) is 0 Å². The van der Waals surface area contributed by atoms with Gasteiger partial charge in [-0.3, -0.25) is 4.79 Å². The van der Waals surface area contributed by atoms with Crippen LogP contribution in [0.3, 0.4) is 0 Å². The minimum atomic E-state index is -0.714. The van der Waals surface area contributed by atoms with E-state index in [1.165, 1.54) is 16.8 Å². The summed E-state index contributed by atoms with van der Waals surface area (Å²) in [6.45, 7) is 1.78. The number of fused-ring (bicyclic) bond motifs is 1. The first-order chi connectivity index (χ1) is 10.2.